The van der Waals surface area contributed by atoms with E-state index in [1.165, 1.54) is 71.6 Å². The number of sulfonamides is 1. The number of halogens is 1. The number of rotatable bonds is 14. The Bertz CT molecular complexity index is 1450. The van der Waals surface area contributed by atoms with Crippen LogP contribution in [0.5, 0.6) is 0 Å². The molecule has 0 heterocycles. The minimum absolute atomic E-state index is 0.0846. The first kappa shape index (κ1) is 31.2. The molecule has 218 valence electrons. The predicted octanol–water partition coefficient (Wildman–Crippen LogP) is 4.65. The topological polar surface area (TPSA) is 130 Å². The molecule has 0 fully saturated rings. The van der Waals surface area contributed by atoms with Crippen molar-refractivity contribution in [3.63, 3.8) is 0 Å². The normalized spacial score (nSPS) is 11.9. The van der Waals surface area contributed by atoms with Crippen LogP contribution in [0.4, 0.5) is 15.8 Å². The fourth-order valence-electron chi connectivity index (χ4n) is 4.22. The number of nitrogens with zero attached hydrogens (tertiary/aromatic N) is 3. The molecule has 1 N–H and O–H groups in total. The highest BCUT2D eigenvalue weighted by Gasteiger charge is 2.34. The van der Waals surface area contributed by atoms with Gasteiger partial charge in [-0.15, -0.1) is 0 Å². The molecule has 12 heteroatoms. The number of nitro benzene ring substituents is 1. The third-order valence-electron chi connectivity index (χ3n) is 6.42. The molecule has 0 aliphatic rings. The summed E-state index contributed by atoms with van der Waals surface area (Å²) in [6.07, 6.45) is 1.82. The van der Waals surface area contributed by atoms with Crippen LogP contribution < -0.4 is 9.62 Å². The lowest BCUT2D eigenvalue weighted by Crippen LogP contribution is -2.52. The summed E-state index contributed by atoms with van der Waals surface area (Å²) < 4.78 is 41.9. The molecule has 0 aliphatic carbocycles. The summed E-state index contributed by atoms with van der Waals surface area (Å²) in [6, 6.07) is 16.9. The van der Waals surface area contributed by atoms with Gasteiger partial charge in [-0.1, -0.05) is 56.7 Å². The van der Waals surface area contributed by atoms with Crippen molar-refractivity contribution in [3.05, 3.63) is 100 Å². The van der Waals surface area contributed by atoms with Crippen molar-refractivity contribution < 1.29 is 27.3 Å². The van der Waals surface area contributed by atoms with Crippen molar-refractivity contribution in [1.29, 1.82) is 0 Å². The largest absolute Gasteiger partial charge is 0.354 e. The monoisotopic (exact) mass is 584 g/mol. The quantitative estimate of drug-likeness (QED) is 0.167. The molecule has 3 aromatic carbocycles. The number of carbonyl (C=O) groups excluding carboxylic acids is 2. The van der Waals surface area contributed by atoms with Gasteiger partial charge in [0.25, 0.3) is 15.7 Å². The molecular weight excluding hydrogens is 551 g/mol. The second kappa shape index (κ2) is 14.4. The highest BCUT2D eigenvalue weighted by Crippen LogP contribution is 2.27. The molecule has 0 unspecified atom stereocenters. The fourth-order valence-corrected chi connectivity index (χ4v) is 5.65. The SMILES string of the molecule is CCCCNC(=O)[C@H](CC)N(Cc1ccc(F)cc1)C(=O)CN(c1cccc([N+](=O)[O-])c1)S(=O)(=O)c1ccccc1. The van der Waals surface area contributed by atoms with Crippen LogP contribution >= 0.6 is 0 Å². The van der Waals surface area contributed by atoms with Crippen LogP contribution in [-0.4, -0.2) is 49.2 Å². The van der Waals surface area contributed by atoms with E-state index < -0.39 is 45.2 Å². The Kier molecular flexibility index (Phi) is 10.9. The Hall–Kier alpha value is -4.32. The van der Waals surface area contributed by atoms with E-state index in [0.29, 0.717) is 12.1 Å². The number of nitro groups is 1. The van der Waals surface area contributed by atoms with E-state index >= 15 is 0 Å². The van der Waals surface area contributed by atoms with Gasteiger partial charge in [0.15, 0.2) is 0 Å². The van der Waals surface area contributed by atoms with Crippen molar-refractivity contribution in [2.24, 2.45) is 0 Å². The van der Waals surface area contributed by atoms with E-state index in [0.717, 1.165) is 23.2 Å². The molecule has 3 rings (SSSR count). The molecular formula is C29H33FN4O6S. The number of hydrogen-bond donors (Lipinski definition) is 1. The van der Waals surface area contributed by atoms with Crippen LogP contribution in [0.3, 0.4) is 0 Å². The molecule has 0 aliphatic heterocycles. The molecule has 41 heavy (non-hydrogen) atoms. The summed E-state index contributed by atoms with van der Waals surface area (Å²) in [5, 5.41) is 14.3. The van der Waals surface area contributed by atoms with Crippen molar-refractivity contribution in [2.45, 2.75) is 50.6 Å². The number of non-ortho nitro benzene ring substituents is 1. The van der Waals surface area contributed by atoms with Crippen LogP contribution in [0.15, 0.2) is 83.8 Å². The summed E-state index contributed by atoms with van der Waals surface area (Å²) in [5.41, 5.74) is 0.0964. The molecule has 0 bridgehead atoms. The summed E-state index contributed by atoms with van der Waals surface area (Å²) in [7, 11) is -4.36. The number of amides is 2. The van der Waals surface area contributed by atoms with E-state index in [9.17, 15) is 32.5 Å². The Morgan fingerprint density at radius 2 is 1.68 bits per heavy atom. The Morgan fingerprint density at radius 1 is 1.00 bits per heavy atom. The second-order valence-electron chi connectivity index (χ2n) is 9.32. The highest BCUT2D eigenvalue weighted by molar-refractivity contribution is 7.92. The van der Waals surface area contributed by atoms with Gasteiger partial charge in [-0.05, 0) is 48.7 Å². The zero-order chi connectivity index (χ0) is 30.0. The zero-order valence-electron chi connectivity index (χ0n) is 22.9. The average molecular weight is 585 g/mol. The standard InChI is InChI=1S/C29H33FN4O6S/c1-3-5-18-31-29(36)27(4-2)32(20-22-14-16-23(30)17-15-22)28(35)21-33(24-10-9-11-25(19-24)34(37)38)41(39,40)26-12-7-6-8-13-26/h6-17,19,27H,3-5,18,20-21H2,1-2H3,(H,31,36)/t27-/m0/s1. The molecule has 10 nitrogen and oxygen atoms in total. The van der Waals surface area contributed by atoms with Gasteiger partial charge in [-0.25, -0.2) is 12.8 Å². The van der Waals surface area contributed by atoms with E-state index in [1.54, 1.807) is 13.0 Å². The van der Waals surface area contributed by atoms with Gasteiger partial charge in [0.2, 0.25) is 11.8 Å². The van der Waals surface area contributed by atoms with Crippen LogP contribution in [0, 0.1) is 15.9 Å². The highest BCUT2D eigenvalue weighted by atomic mass is 32.2. The molecule has 1 atom stereocenters. The molecule has 2 amide bonds. The van der Waals surface area contributed by atoms with Crippen molar-refractivity contribution >= 4 is 33.2 Å². The summed E-state index contributed by atoms with van der Waals surface area (Å²) in [6.45, 7) is 3.29. The number of nitrogens with one attached hydrogen (secondary N) is 1. The summed E-state index contributed by atoms with van der Waals surface area (Å²) in [5.74, 6) is -1.58. The lowest BCUT2D eigenvalue weighted by Gasteiger charge is -2.33. The third kappa shape index (κ3) is 8.10. The average Bonchev–Trinajstić information content (AvgIpc) is 2.97. The van der Waals surface area contributed by atoms with Crippen LogP contribution in [0.1, 0.15) is 38.7 Å². The molecule has 0 saturated heterocycles. The lowest BCUT2D eigenvalue weighted by atomic mass is 10.1. The number of anilines is 1. The van der Waals surface area contributed by atoms with Crippen molar-refractivity contribution in [1.82, 2.24) is 10.2 Å². The Balaban J connectivity index is 2.06. The van der Waals surface area contributed by atoms with E-state index in [4.69, 9.17) is 0 Å². The number of benzene rings is 3. The minimum Gasteiger partial charge on any atom is -0.354 e. The number of carbonyl (C=O) groups is 2. The van der Waals surface area contributed by atoms with Crippen LogP contribution in [0.2, 0.25) is 0 Å². The van der Waals surface area contributed by atoms with Gasteiger partial charge in [0.05, 0.1) is 15.5 Å². The molecule has 3 aromatic rings. The van der Waals surface area contributed by atoms with Gasteiger partial charge >= 0.3 is 0 Å². The zero-order valence-corrected chi connectivity index (χ0v) is 23.7. The molecule has 0 aromatic heterocycles. The first-order valence-corrected chi connectivity index (χ1v) is 14.7. The lowest BCUT2D eigenvalue weighted by molar-refractivity contribution is -0.384. The summed E-state index contributed by atoms with van der Waals surface area (Å²) >= 11 is 0. The van der Waals surface area contributed by atoms with E-state index in [2.05, 4.69) is 5.32 Å². The van der Waals surface area contributed by atoms with Gasteiger partial charge in [0, 0.05) is 25.2 Å². The maximum absolute atomic E-state index is 14.0. The van der Waals surface area contributed by atoms with E-state index in [-0.39, 0.29) is 29.2 Å². The Morgan fingerprint density at radius 3 is 2.29 bits per heavy atom. The maximum Gasteiger partial charge on any atom is 0.271 e. The van der Waals surface area contributed by atoms with Crippen LogP contribution in [0.25, 0.3) is 0 Å². The molecule has 0 spiro atoms. The molecule has 0 saturated carbocycles. The first-order chi connectivity index (χ1) is 19.6. The number of hydrogen-bond acceptors (Lipinski definition) is 6. The Labute approximate surface area is 239 Å². The van der Waals surface area contributed by atoms with Gasteiger partial charge in [-0.2, -0.15) is 0 Å². The first-order valence-electron chi connectivity index (χ1n) is 13.2. The fraction of sp³-hybridized carbons (Fsp3) is 0.310. The third-order valence-corrected chi connectivity index (χ3v) is 8.21. The summed E-state index contributed by atoms with van der Waals surface area (Å²) in [4.78, 5) is 39.1. The van der Waals surface area contributed by atoms with Gasteiger partial charge in [0.1, 0.15) is 18.4 Å². The van der Waals surface area contributed by atoms with Gasteiger partial charge < -0.3 is 10.2 Å². The maximum atomic E-state index is 14.0. The minimum atomic E-state index is -4.36. The van der Waals surface area contributed by atoms with E-state index in [1.807, 2.05) is 6.92 Å². The predicted molar refractivity (Wildman–Crippen MR) is 153 cm³/mol. The number of unbranched alkanes of at least 4 members (excludes halogenated alkanes) is 1. The van der Waals surface area contributed by atoms with Crippen LogP contribution in [-0.2, 0) is 26.2 Å². The van der Waals surface area contributed by atoms with Crippen molar-refractivity contribution in [3.8, 4) is 0 Å². The van der Waals surface area contributed by atoms with Gasteiger partial charge in [-0.3, -0.25) is 24.0 Å². The molecule has 0 radical (unpaired) electrons. The van der Waals surface area contributed by atoms with Crippen molar-refractivity contribution in [2.75, 3.05) is 17.4 Å². The smallest absolute Gasteiger partial charge is 0.271 e. The second-order valence-corrected chi connectivity index (χ2v) is 11.2.